The minimum absolute atomic E-state index is 0.0896. The van der Waals surface area contributed by atoms with E-state index in [0.29, 0.717) is 19.4 Å². The molecule has 0 heterocycles. The van der Waals surface area contributed by atoms with Gasteiger partial charge in [-0.2, -0.15) is 0 Å². The van der Waals surface area contributed by atoms with Gasteiger partial charge in [0.1, 0.15) is 5.41 Å². The minimum atomic E-state index is -0.937. The highest BCUT2D eigenvalue weighted by atomic mass is 16.2. The number of para-hydroxylation sites is 1. The van der Waals surface area contributed by atoms with Gasteiger partial charge in [-0.05, 0) is 47.9 Å². The Morgan fingerprint density at radius 3 is 2.22 bits per heavy atom. The van der Waals surface area contributed by atoms with Crippen molar-refractivity contribution in [2.24, 2.45) is 5.41 Å². The second-order valence-electron chi connectivity index (χ2n) is 8.44. The van der Waals surface area contributed by atoms with Crippen LogP contribution in [0.4, 0.5) is 5.69 Å². The van der Waals surface area contributed by atoms with E-state index in [1.54, 1.807) is 0 Å². The van der Waals surface area contributed by atoms with Crippen molar-refractivity contribution in [1.29, 1.82) is 0 Å². The molecule has 2 aromatic rings. The molecule has 0 spiro atoms. The second-order valence-corrected chi connectivity index (χ2v) is 8.44. The maximum atomic E-state index is 12.9. The van der Waals surface area contributed by atoms with E-state index in [1.165, 1.54) is 0 Å². The lowest BCUT2D eigenvalue weighted by Crippen LogP contribution is -2.40. The van der Waals surface area contributed by atoms with E-state index in [9.17, 15) is 9.59 Å². The molecule has 0 aromatic heterocycles. The van der Waals surface area contributed by atoms with Crippen molar-refractivity contribution >= 4 is 17.5 Å². The Bertz CT molecular complexity index is 861. The zero-order valence-corrected chi connectivity index (χ0v) is 16.6. The lowest BCUT2D eigenvalue weighted by Gasteiger charge is -2.24. The smallest absolute Gasteiger partial charge is 0.240 e. The highest BCUT2D eigenvalue weighted by Crippen LogP contribution is 2.47. The van der Waals surface area contributed by atoms with Crippen LogP contribution in [0.5, 0.6) is 0 Å². The molecule has 1 aliphatic rings. The van der Waals surface area contributed by atoms with E-state index < -0.39 is 5.41 Å². The van der Waals surface area contributed by atoms with Crippen LogP contribution in [-0.4, -0.2) is 11.8 Å². The SMILES string of the molecule is Cc1ccccc1CNC(=O)C1(C(=O)Nc2ccccc2C(C)(C)C)CC1. The predicted octanol–water partition coefficient (Wildman–Crippen LogP) is 4.33. The molecule has 4 heteroatoms. The van der Waals surface area contributed by atoms with Gasteiger partial charge in [0.05, 0.1) is 0 Å². The van der Waals surface area contributed by atoms with Gasteiger partial charge < -0.3 is 10.6 Å². The normalized spacial score (nSPS) is 15.1. The van der Waals surface area contributed by atoms with Crippen LogP contribution < -0.4 is 10.6 Å². The first-order valence-corrected chi connectivity index (χ1v) is 9.48. The van der Waals surface area contributed by atoms with Gasteiger partial charge >= 0.3 is 0 Å². The van der Waals surface area contributed by atoms with Crippen molar-refractivity contribution in [3.05, 3.63) is 65.2 Å². The van der Waals surface area contributed by atoms with Crippen molar-refractivity contribution in [3.63, 3.8) is 0 Å². The van der Waals surface area contributed by atoms with E-state index in [4.69, 9.17) is 0 Å². The van der Waals surface area contributed by atoms with Gasteiger partial charge in [-0.3, -0.25) is 9.59 Å². The van der Waals surface area contributed by atoms with E-state index in [0.717, 1.165) is 22.4 Å². The fraction of sp³-hybridized carbons (Fsp3) is 0.391. The lowest BCUT2D eigenvalue weighted by molar-refractivity contribution is -0.134. The van der Waals surface area contributed by atoms with Crippen molar-refractivity contribution in [2.75, 3.05) is 5.32 Å². The zero-order valence-electron chi connectivity index (χ0n) is 16.6. The van der Waals surface area contributed by atoms with E-state index in [2.05, 4.69) is 31.4 Å². The summed E-state index contributed by atoms with van der Waals surface area (Å²) in [5.74, 6) is -0.391. The largest absolute Gasteiger partial charge is 0.351 e. The number of amides is 2. The number of hydrogen-bond donors (Lipinski definition) is 2. The first-order valence-electron chi connectivity index (χ1n) is 9.48. The predicted molar refractivity (Wildman–Crippen MR) is 108 cm³/mol. The Hall–Kier alpha value is -2.62. The number of benzene rings is 2. The quantitative estimate of drug-likeness (QED) is 0.776. The van der Waals surface area contributed by atoms with Crippen LogP contribution in [0.3, 0.4) is 0 Å². The summed E-state index contributed by atoms with van der Waals surface area (Å²) in [6.45, 7) is 8.79. The molecule has 0 radical (unpaired) electrons. The van der Waals surface area contributed by atoms with Crippen LogP contribution in [0.1, 0.15) is 50.3 Å². The first kappa shape index (κ1) is 19.2. The third-order valence-corrected chi connectivity index (χ3v) is 5.30. The molecular formula is C23H28N2O2. The Morgan fingerprint density at radius 1 is 0.963 bits per heavy atom. The number of hydrogen-bond acceptors (Lipinski definition) is 2. The molecule has 2 aromatic carbocycles. The Morgan fingerprint density at radius 2 is 1.59 bits per heavy atom. The summed E-state index contributed by atoms with van der Waals surface area (Å²) in [7, 11) is 0. The van der Waals surface area contributed by atoms with Crippen LogP contribution in [-0.2, 0) is 21.5 Å². The number of carbonyl (C=O) groups excluding carboxylic acids is 2. The summed E-state index contributed by atoms with van der Waals surface area (Å²) in [5, 5.41) is 5.96. The summed E-state index contributed by atoms with van der Waals surface area (Å²) in [4.78, 5) is 25.7. The summed E-state index contributed by atoms with van der Waals surface area (Å²) in [5.41, 5.74) is 3.02. The maximum absolute atomic E-state index is 12.9. The molecule has 0 atom stereocenters. The Balaban J connectivity index is 1.70. The molecule has 0 bridgehead atoms. The van der Waals surface area contributed by atoms with E-state index in [1.807, 2.05) is 55.5 Å². The van der Waals surface area contributed by atoms with E-state index in [-0.39, 0.29) is 17.2 Å². The molecule has 2 N–H and O–H groups in total. The third kappa shape index (κ3) is 4.05. The summed E-state index contributed by atoms with van der Waals surface area (Å²) >= 11 is 0. The molecule has 2 amide bonds. The molecule has 0 aliphatic heterocycles. The molecule has 0 saturated heterocycles. The van der Waals surface area contributed by atoms with Crippen LogP contribution in [0.15, 0.2) is 48.5 Å². The lowest BCUT2D eigenvalue weighted by atomic mass is 9.85. The number of anilines is 1. The van der Waals surface area contributed by atoms with Gasteiger partial charge in [-0.1, -0.05) is 63.2 Å². The van der Waals surface area contributed by atoms with Gasteiger partial charge in [-0.15, -0.1) is 0 Å². The summed E-state index contributed by atoms with van der Waals surface area (Å²) in [6.07, 6.45) is 1.19. The molecule has 27 heavy (non-hydrogen) atoms. The van der Waals surface area contributed by atoms with Crippen LogP contribution >= 0.6 is 0 Å². The van der Waals surface area contributed by atoms with E-state index >= 15 is 0 Å². The van der Waals surface area contributed by atoms with Crippen LogP contribution in [0.25, 0.3) is 0 Å². The molecule has 4 nitrogen and oxygen atoms in total. The highest BCUT2D eigenvalue weighted by Gasteiger charge is 2.56. The van der Waals surface area contributed by atoms with Gasteiger partial charge in [0, 0.05) is 12.2 Å². The fourth-order valence-corrected chi connectivity index (χ4v) is 3.32. The van der Waals surface area contributed by atoms with Gasteiger partial charge in [0.25, 0.3) is 0 Å². The molecule has 142 valence electrons. The topological polar surface area (TPSA) is 58.2 Å². The molecule has 0 unspecified atom stereocenters. The zero-order chi connectivity index (χ0) is 19.7. The maximum Gasteiger partial charge on any atom is 0.240 e. The number of rotatable bonds is 5. The second kappa shape index (κ2) is 7.18. The third-order valence-electron chi connectivity index (χ3n) is 5.30. The minimum Gasteiger partial charge on any atom is -0.351 e. The Kier molecular flexibility index (Phi) is 5.09. The number of nitrogens with one attached hydrogen (secondary N) is 2. The molecule has 1 saturated carbocycles. The van der Waals surface area contributed by atoms with Crippen LogP contribution in [0.2, 0.25) is 0 Å². The number of carbonyl (C=O) groups is 2. The van der Waals surface area contributed by atoms with Crippen molar-refractivity contribution in [2.45, 2.75) is 52.5 Å². The first-order chi connectivity index (χ1) is 12.7. The van der Waals surface area contributed by atoms with Crippen molar-refractivity contribution < 1.29 is 9.59 Å². The van der Waals surface area contributed by atoms with Gasteiger partial charge in [-0.25, -0.2) is 0 Å². The fourth-order valence-electron chi connectivity index (χ4n) is 3.32. The number of aryl methyl sites for hydroxylation is 1. The molecule has 1 fully saturated rings. The molecule has 1 aliphatic carbocycles. The average Bonchev–Trinajstić information content (AvgIpc) is 3.42. The summed E-state index contributed by atoms with van der Waals surface area (Å²) in [6, 6.07) is 15.7. The Labute approximate surface area is 161 Å². The van der Waals surface area contributed by atoms with Crippen molar-refractivity contribution in [3.8, 4) is 0 Å². The monoisotopic (exact) mass is 364 g/mol. The standard InChI is InChI=1S/C23H28N2O2/c1-16-9-5-6-10-17(16)15-24-20(26)23(13-14-23)21(27)25-19-12-8-7-11-18(19)22(2,3)4/h5-12H,13-15H2,1-4H3,(H,24,26)(H,25,27). The molecule has 3 rings (SSSR count). The van der Waals surface area contributed by atoms with Gasteiger partial charge in [0.15, 0.2) is 0 Å². The highest BCUT2D eigenvalue weighted by molar-refractivity contribution is 6.13. The molecular weight excluding hydrogens is 336 g/mol. The van der Waals surface area contributed by atoms with Gasteiger partial charge in [0.2, 0.25) is 11.8 Å². The average molecular weight is 364 g/mol. The summed E-state index contributed by atoms with van der Waals surface area (Å²) < 4.78 is 0. The van der Waals surface area contributed by atoms with Crippen LogP contribution in [0, 0.1) is 12.3 Å². The van der Waals surface area contributed by atoms with Crippen molar-refractivity contribution in [1.82, 2.24) is 5.32 Å².